The summed E-state index contributed by atoms with van der Waals surface area (Å²) in [5.74, 6) is -0.310. The van der Waals surface area contributed by atoms with Gasteiger partial charge in [-0.2, -0.15) is 0 Å². The quantitative estimate of drug-likeness (QED) is 0.677. The van der Waals surface area contributed by atoms with Gasteiger partial charge in [0, 0.05) is 28.7 Å². The van der Waals surface area contributed by atoms with Gasteiger partial charge in [0.15, 0.2) is 0 Å². The molecule has 2 aliphatic rings. The van der Waals surface area contributed by atoms with E-state index in [1.807, 2.05) is 30.0 Å². The third kappa shape index (κ3) is 1.41. The molecule has 0 aliphatic carbocycles. The second-order valence-electron chi connectivity index (χ2n) is 6.49. The Morgan fingerprint density at radius 2 is 2.04 bits per heavy atom. The van der Waals surface area contributed by atoms with Crippen LogP contribution in [0.4, 0.5) is 4.39 Å². The summed E-state index contributed by atoms with van der Waals surface area (Å²) >= 11 is 0. The summed E-state index contributed by atoms with van der Waals surface area (Å²) in [5.41, 5.74) is 4.07. The fraction of sp³-hybridized carbons (Fsp3) is 0.211. The van der Waals surface area contributed by atoms with Gasteiger partial charge in [0.25, 0.3) is 5.91 Å². The Kier molecular flexibility index (Phi) is 2.25. The molecule has 0 fully saturated rings. The van der Waals surface area contributed by atoms with Gasteiger partial charge >= 0.3 is 0 Å². The van der Waals surface area contributed by atoms with E-state index in [0.717, 1.165) is 23.2 Å². The van der Waals surface area contributed by atoms with Crippen LogP contribution in [0.25, 0.3) is 10.9 Å². The summed E-state index contributed by atoms with van der Waals surface area (Å²) < 4.78 is 13.9. The number of halogens is 1. The number of amides is 1. The van der Waals surface area contributed by atoms with E-state index in [4.69, 9.17) is 0 Å². The zero-order valence-electron chi connectivity index (χ0n) is 12.7. The Morgan fingerprint density at radius 3 is 2.91 bits per heavy atom. The van der Waals surface area contributed by atoms with Gasteiger partial charge in [0.1, 0.15) is 11.4 Å². The maximum absolute atomic E-state index is 13.9. The molecule has 3 aromatic rings. The maximum Gasteiger partial charge on any atom is 0.255 e. The number of H-pyrrole nitrogens is 1. The van der Waals surface area contributed by atoms with Crippen LogP contribution >= 0.6 is 0 Å². The molecule has 4 heteroatoms. The summed E-state index contributed by atoms with van der Waals surface area (Å²) in [4.78, 5) is 18.1. The van der Waals surface area contributed by atoms with Gasteiger partial charge in [-0.3, -0.25) is 4.79 Å². The van der Waals surface area contributed by atoms with Crippen molar-refractivity contribution in [1.82, 2.24) is 9.88 Å². The summed E-state index contributed by atoms with van der Waals surface area (Å²) in [6, 6.07) is 12.7. The molecule has 0 spiro atoms. The van der Waals surface area contributed by atoms with Gasteiger partial charge in [0.2, 0.25) is 0 Å². The third-order valence-electron chi connectivity index (χ3n) is 5.41. The van der Waals surface area contributed by atoms with Crippen molar-refractivity contribution in [3.8, 4) is 0 Å². The largest absolute Gasteiger partial charge is 0.356 e. The van der Waals surface area contributed by atoms with Crippen LogP contribution < -0.4 is 0 Å². The number of rotatable bonds is 0. The number of nitrogens with one attached hydrogen (secondary N) is 1. The average Bonchev–Trinajstić information content (AvgIpc) is 3.03. The molecular formula is C19H15FN2O. The number of carbonyl (C=O) groups excluding carboxylic acids is 1. The van der Waals surface area contributed by atoms with Gasteiger partial charge in [-0.05, 0) is 48.7 Å². The molecule has 1 unspecified atom stereocenters. The van der Waals surface area contributed by atoms with Crippen molar-refractivity contribution < 1.29 is 9.18 Å². The lowest BCUT2D eigenvalue weighted by Gasteiger charge is -2.40. The van der Waals surface area contributed by atoms with E-state index >= 15 is 0 Å². The third-order valence-corrected chi connectivity index (χ3v) is 5.41. The molecule has 0 radical (unpaired) electrons. The minimum Gasteiger partial charge on any atom is -0.356 e. The number of para-hydroxylation sites is 1. The molecule has 23 heavy (non-hydrogen) atoms. The Hall–Kier alpha value is -2.62. The molecule has 1 aromatic heterocycles. The monoisotopic (exact) mass is 306 g/mol. The van der Waals surface area contributed by atoms with Crippen molar-refractivity contribution in [2.24, 2.45) is 0 Å². The van der Waals surface area contributed by atoms with E-state index in [2.05, 4.69) is 11.1 Å². The molecule has 2 aliphatic heterocycles. The van der Waals surface area contributed by atoms with E-state index in [1.165, 1.54) is 23.1 Å². The highest BCUT2D eigenvalue weighted by atomic mass is 19.1. The van der Waals surface area contributed by atoms with E-state index in [0.29, 0.717) is 12.1 Å². The Labute approximate surface area is 132 Å². The number of benzene rings is 2. The van der Waals surface area contributed by atoms with Gasteiger partial charge < -0.3 is 9.88 Å². The predicted molar refractivity (Wildman–Crippen MR) is 85.9 cm³/mol. The average molecular weight is 306 g/mol. The molecule has 0 saturated heterocycles. The molecule has 3 nitrogen and oxygen atoms in total. The maximum atomic E-state index is 13.9. The Balaban J connectivity index is 1.87. The lowest BCUT2D eigenvalue weighted by Crippen LogP contribution is -2.47. The Bertz CT molecular complexity index is 990. The zero-order chi connectivity index (χ0) is 15.8. The first-order valence-corrected chi connectivity index (χ1v) is 7.83. The second kappa shape index (κ2) is 4.02. The number of aromatic amines is 1. The first kappa shape index (κ1) is 12.9. The predicted octanol–water partition coefficient (Wildman–Crippen LogP) is 3.58. The van der Waals surface area contributed by atoms with Crippen molar-refractivity contribution >= 4 is 16.8 Å². The smallest absolute Gasteiger partial charge is 0.255 e. The normalized spacial score (nSPS) is 22.2. The van der Waals surface area contributed by atoms with Crippen LogP contribution in [0.5, 0.6) is 0 Å². The molecular weight excluding hydrogens is 291 g/mol. The topological polar surface area (TPSA) is 36.1 Å². The second-order valence-corrected chi connectivity index (χ2v) is 6.49. The molecule has 0 saturated carbocycles. The summed E-state index contributed by atoms with van der Waals surface area (Å²) in [6.07, 6.45) is 0.817. The number of hydrogen-bond donors (Lipinski definition) is 1. The molecule has 2 aromatic carbocycles. The van der Waals surface area contributed by atoms with Crippen LogP contribution in [0.2, 0.25) is 0 Å². The van der Waals surface area contributed by atoms with Gasteiger partial charge in [-0.1, -0.05) is 18.2 Å². The number of aromatic nitrogens is 1. The van der Waals surface area contributed by atoms with E-state index in [9.17, 15) is 9.18 Å². The van der Waals surface area contributed by atoms with E-state index in [1.54, 1.807) is 6.07 Å². The van der Waals surface area contributed by atoms with Crippen LogP contribution in [-0.2, 0) is 12.0 Å². The lowest BCUT2D eigenvalue weighted by molar-refractivity contribution is 0.0625. The van der Waals surface area contributed by atoms with E-state index < -0.39 is 5.54 Å². The molecule has 1 atom stereocenters. The number of nitrogens with zero attached hydrogens (tertiary/aromatic N) is 1. The van der Waals surface area contributed by atoms with Crippen LogP contribution in [0.3, 0.4) is 0 Å². The van der Waals surface area contributed by atoms with Gasteiger partial charge in [-0.15, -0.1) is 0 Å². The summed E-state index contributed by atoms with van der Waals surface area (Å²) in [6.45, 7) is 2.67. The van der Waals surface area contributed by atoms with E-state index in [-0.39, 0.29) is 11.7 Å². The molecule has 114 valence electrons. The number of carbonyl (C=O) groups is 1. The first-order chi connectivity index (χ1) is 11.1. The van der Waals surface area contributed by atoms with Crippen molar-refractivity contribution in [2.75, 3.05) is 6.54 Å². The SMILES string of the molecule is CC12c3cc(F)ccc3C(=O)N1CCc1c2[nH]c2ccccc12. The van der Waals surface area contributed by atoms with Crippen molar-refractivity contribution in [1.29, 1.82) is 0 Å². The van der Waals surface area contributed by atoms with Gasteiger partial charge in [0.05, 0.1) is 0 Å². The van der Waals surface area contributed by atoms with Crippen molar-refractivity contribution in [3.05, 3.63) is 70.7 Å². The highest BCUT2D eigenvalue weighted by Gasteiger charge is 2.51. The van der Waals surface area contributed by atoms with Crippen LogP contribution in [0, 0.1) is 5.82 Å². The fourth-order valence-electron chi connectivity index (χ4n) is 4.29. The number of fused-ring (bicyclic) bond motifs is 7. The minimum absolute atomic E-state index is 0.00759. The van der Waals surface area contributed by atoms with Crippen molar-refractivity contribution in [2.45, 2.75) is 18.9 Å². The lowest BCUT2D eigenvalue weighted by atomic mass is 9.82. The fourth-order valence-corrected chi connectivity index (χ4v) is 4.29. The standard InChI is InChI=1S/C19H15FN2O/c1-19-15-10-11(20)6-7-14(15)18(23)22(19)9-8-13-12-4-2-3-5-16(12)21-17(13)19/h2-7,10,21H,8-9H2,1H3. The highest BCUT2D eigenvalue weighted by Crippen LogP contribution is 2.48. The Morgan fingerprint density at radius 1 is 1.22 bits per heavy atom. The summed E-state index contributed by atoms with van der Waals surface area (Å²) in [5, 5.41) is 1.20. The molecule has 1 amide bonds. The van der Waals surface area contributed by atoms with Crippen LogP contribution in [-0.4, -0.2) is 22.3 Å². The molecule has 1 N–H and O–H groups in total. The molecule has 0 bridgehead atoms. The minimum atomic E-state index is -0.624. The van der Waals surface area contributed by atoms with Gasteiger partial charge in [-0.25, -0.2) is 4.39 Å². The zero-order valence-corrected chi connectivity index (χ0v) is 12.7. The highest BCUT2D eigenvalue weighted by molar-refractivity contribution is 6.01. The van der Waals surface area contributed by atoms with Crippen LogP contribution in [0.15, 0.2) is 42.5 Å². The first-order valence-electron chi connectivity index (χ1n) is 7.83. The molecule has 5 rings (SSSR count). The van der Waals surface area contributed by atoms with Crippen molar-refractivity contribution in [3.63, 3.8) is 0 Å². The number of hydrogen-bond acceptors (Lipinski definition) is 1. The summed E-state index contributed by atoms with van der Waals surface area (Å²) in [7, 11) is 0. The van der Waals surface area contributed by atoms with Crippen LogP contribution in [0.1, 0.15) is 34.1 Å². The molecule has 3 heterocycles.